The van der Waals surface area contributed by atoms with Crippen LogP contribution in [-0.2, 0) is 0 Å². The maximum Gasteiger partial charge on any atom is 0.270 e. The lowest BCUT2D eigenvalue weighted by Crippen LogP contribution is -2.40. The van der Waals surface area contributed by atoms with Crippen LogP contribution in [0.1, 0.15) is 47.8 Å². The summed E-state index contributed by atoms with van der Waals surface area (Å²) < 4.78 is 7.72. The molecule has 150 valence electrons. The Morgan fingerprint density at radius 1 is 1.14 bits per heavy atom. The second kappa shape index (κ2) is 7.35. The number of nitrogens with zero attached hydrogens (tertiary/aromatic N) is 4. The Labute approximate surface area is 167 Å². The van der Waals surface area contributed by atoms with Gasteiger partial charge in [-0.25, -0.2) is 9.50 Å². The van der Waals surface area contributed by atoms with E-state index in [4.69, 9.17) is 4.74 Å². The molecule has 0 atom stereocenters. The molecule has 0 spiro atoms. The van der Waals surface area contributed by atoms with Crippen LogP contribution in [0.15, 0.2) is 41.3 Å². The maximum absolute atomic E-state index is 12.5. The van der Waals surface area contributed by atoms with Crippen molar-refractivity contribution >= 4 is 11.6 Å². The molecule has 0 bridgehead atoms. The average molecular weight is 393 g/mol. The number of H-pyrrole nitrogens is 1. The first-order valence-electron chi connectivity index (χ1n) is 10.1. The third-order valence-electron chi connectivity index (χ3n) is 5.68. The molecule has 2 aliphatic rings. The highest BCUT2D eigenvalue weighted by molar-refractivity contribution is 5.92. The highest BCUT2D eigenvalue weighted by atomic mass is 16.5. The quantitative estimate of drug-likeness (QED) is 0.718. The van der Waals surface area contributed by atoms with E-state index in [2.05, 4.69) is 15.1 Å². The zero-order valence-electron chi connectivity index (χ0n) is 16.1. The van der Waals surface area contributed by atoms with E-state index in [1.807, 2.05) is 18.3 Å². The Kier molecular flexibility index (Phi) is 4.54. The van der Waals surface area contributed by atoms with Crippen LogP contribution in [0.25, 0.3) is 5.65 Å². The summed E-state index contributed by atoms with van der Waals surface area (Å²) >= 11 is 0. The van der Waals surface area contributed by atoms with Gasteiger partial charge in [-0.2, -0.15) is 0 Å². The fraction of sp³-hybridized carbons (Fsp3) is 0.429. The Morgan fingerprint density at radius 2 is 1.97 bits per heavy atom. The summed E-state index contributed by atoms with van der Waals surface area (Å²) in [4.78, 5) is 32.9. The zero-order chi connectivity index (χ0) is 19.8. The number of hydrogen-bond acceptors (Lipinski definition) is 5. The van der Waals surface area contributed by atoms with Gasteiger partial charge in [0.15, 0.2) is 5.65 Å². The number of piperidine rings is 1. The normalized spacial score (nSPS) is 17.6. The van der Waals surface area contributed by atoms with Gasteiger partial charge >= 0.3 is 0 Å². The van der Waals surface area contributed by atoms with E-state index >= 15 is 0 Å². The number of fused-ring (bicyclic) bond motifs is 1. The predicted octanol–water partition coefficient (Wildman–Crippen LogP) is 2.23. The lowest BCUT2D eigenvalue weighted by molar-refractivity contribution is 0.0653. The number of rotatable bonds is 5. The number of aromatic nitrogens is 4. The second-order valence-electron chi connectivity index (χ2n) is 7.89. The summed E-state index contributed by atoms with van der Waals surface area (Å²) in [5, 5.41) is 4.52. The summed E-state index contributed by atoms with van der Waals surface area (Å²) in [7, 11) is 0. The van der Waals surface area contributed by atoms with Crippen molar-refractivity contribution in [3.05, 3.63) is 58.3 Å². The van der Waals surface area contributed by atoms with Gasteiger partial charge < -0.3 is 14.6 Å². The van der Waals surface area contributed by atoms with Crippen molar-refractivity contribution in [1.82, 2.24) is 24.5 Å². The minimum absolute atomic E-state index is 0.124. The molecule has 8 nitrogen and oxygen atoms in total. The topological polar surface area (TPSA) is 92.6 Å². The first-order valence-corrected chi connectivity index (χ1v) is 10.1. The van der Waals surface area contributed by atoms with Crippen molar-refractivity contribution < 1.29 is 9.53 Å². The van der Waals surface area contributed by atoms with E-state index in [0.29, 0.717) is 43.1 Å². The number of likely N-dealkylation sites (tertiary alicyclic amines) is 1. The highest BCUT2D eigenvalue weighted by Gasteiger charge is 2.27. The molecule has 3 aromatic rings. The minimum atomic E-state index is -0.259. The van der Waals surface area contributed by atoms with E-state index in [1.165, 1.54) is 18.9 Å². The van der Waals surface area contributed by atoms with Gasteiger partial charge in [0.25, 0.3) is 5.91 Å². The second-order valence-corrected chi connectivity index (χ2v) is 7.89. The average Bonchev–Trinajstić information content (AvgIpc) is 3.51. The Morgan fingerprint density at radius 3 is 2.72 bits per heavy atom. The van der Waals surface area contributed by atoms with E-state index in [9.17, 15) is 9.59 Å². The number of amides is 1. The molecule has 1 aliphatic heterocycles. The molecule has 4 heterocycles. The molecule has 1 saturated carbocycles. The third-order valence-corrected chi connectivity index (χ3v) is 5.68. The molecule has 3 aromatic heterocycles. The van der Waals surface area contributed by atoms with Crippen molar-refractivity contribution in [3.8, 4) is 5.88 Å². The van der Waals surface area contributed by atoms with Crippen molar-refractivity contribution in [1.29, 1.82) is 0 Å². The van der Waals surface area contributed by atoms with Gasteiger partial charge in [0.2, 0.25) is 11.4 Å². The lowest BCUT2D eigenvalue weighted by atomic mass is 9.97. The standard InChI is InChI=1S/C21H23N5O3/c27-19-3-1-2-16(23-19)21(28)25-10-8-14(9-11-25)13-29-20-7-6-18-22-17(15-4-5-15)12-26(18)24-20/h1-3,6-7,12,14-15H,4-5,8-11,13H2,(H,23,27). The van der Waals surface area contributed by atoms with Crippen molar-refractivity contribution in [3.63, 3.8) is 0 Å². The molecule has 0 unspecified atom stereocenters. The van der Waals surface area contributed by atoms with E-state index in [1.54, 1.807) is 21.5 Å². The molecule has 29 heavy (non-hydrogen) atoms. The summed E-state index contributed by atoms with van der Waals surface area (Å²) in [5.41, 5.74) is 2.05. The summed E-state index contributed by atoms with van der Waals surface area (Å²) in [6.45, 7) is 1.89. The molecule has 1 aliphatic carbocycles. The smallest absolute Gasteiger partial charge is 0.270 e. The molecule has 5 rings (SSSR count). The third kappa shape index (κ3) is 3.87. The van der Waals surface area contributed by atoms with Gasteiger partial charge in [0.05, 0.1) is 18.5 Å². The van der Waals surface area contributed by atoms with Crippen LogP contribution in [0.2, 0.25) is 0 Å². The SMILES string of the molecule is O=C(c1cccc(=O)[nH]1)N1CCC(COc2ccc3nc(C4CC4)cn3n2)CC1. The monoisotopic (exact) mass is 393 g/mol. The van der Waals surface area contributed by atoms with E-state index in [0.717, 1.165) is 24.2 Å². The number of aromatic amines is 1. The van der Waals surface area contributed by atoms with Crippen molar-refractivity contribution in [2.75, 3.05) is 19.7 Å². The van der Waals surface area contributed by atoms with Crippen LogP contribution < -0.4 is 10.3 Å². The number of carbonyl (C=O) groups is 1. The largest absolute Gasteiger partial charge is 0.476 e. The number of nitrogens with one attached hydrogen (secondary N) is 1. The summed E-state index contributed by atoms with van der Waals surface area (Å²) in [6.07, 6.45) is 6.16. The van der Waals surface area contributed by atoms with Crippen LogP contribution in [0.4, 0.5) is 0 Å². The van der Waals surface area contributed by atoms with E-state index < -0.39 is 0 Å². The summed E-state index contributed by atoms with van der Waals surface area (Å²) in [5.74, 6) is 1.44. The number of imidazole rings is 1. The number of hydrogen-bond donors (Lipinski definition) is 1. The fourth-order valence-electron chi connectivity index (χ4n) is 3.78. The van der Waals surface area contributed by atoms with E-state index in [-0.39, 0.29) is 11.5 Å². The first-order chi connectivity index (χ1) is 14.2. The number of carbonyl (C=O) groups excluding carboxylic acids is 1. The highest BCUT2D eigenvalue weighted by Crippen LogP contribution is 2.39. The van der Waals surface area contributed by atoms with Crippen LogP contribution in [-0.4, -0.2) is 50.1 Å². The minimum Gasteiger partial charge on any atom is -0.476 e. The molecule has 1 N–H and O–H groups in total. The maximum atomic E-state index is 12.5. The van der Waals surface area contributed by atoms with Gasteiger partial charge in [0.1, 0.15) is 5.69 Å². The van der Waals surface area contributed by atoms with Crippen LogP contribution in [0.3, 0.4) is 0 Å². The van der Waals surface area contributed by atoms with Gasteiger partial charge in [-0.05, 0) is 43.7 Å². The molecule has 2 fully saturated rings. The fourth-order valence-corrected chi connectivity index (χ4v) is 3.78. The molecule has 1 amide bonds. The molecule has 0 radical (unpaired) electrons. The number of pyridine rings is 1. The van der Waals surface area contributed by atoms with Crippen LogP contribution >= 0.6 is 0 Å². The molecule has 1 saturated heterocycles. The Hall–Kier alpha value is -3.16. The number of ether oxygens (including phenoxy) is 1. The van der Waals surface area contributed by atoms with Gasteiger partial charge in [-0.3, -0.25) is 9.59 Å². The van der Waals surface area contributed by atoms with Gasteiger partial charge in [-0.1, -0.05) is 6.07 Å². The Balaban J connectivity index is 1.15. The Bertz CT molecular complexity index is 1090. The van der Waals surface area contributed by atoms with Crippen molar-refractivity contribution in [2.45, 2.75) is 31.6 Å². The summed E-state index contributed by atoms with van der Waals surface area (Å²) in [6, 6.07) is 8.46. The molecule has 8 heteroatoms. The van der Waals surface area contributed by atoms with Crippen LogP contribution in [0.5, 0.6) is 5.88 Å². The van der Waals surface area contributed by atoms with Gasteiger partial charge in [0, 0.05) is 31.1 Å². The zero-order valence-corrected chi connectivity index (χ0v) is 16.1. The molecular weight excluding hydrogens is 370 g/mol. The predicted molar refractivity (Wildman–Crippen MR) is 106 cm³/mol. The lowest BCUT2D eigenvalue weighted by Gasteiger charge is -2.31. The molecule has 0 aromatic carbocycles. The first kappa shape index (κ1) is 17.9. The van der Waals surface area contributed by atoms with Crippen molar-refractivity contribution in [2.24, 2.45) is 5.92 Å². The molecular formula is C21H23N5O3. The van der Waals surface area contributed by atoms with Crippen LogP contribution in [0, 0.1) is 5.92 Å². The van der Waals surface area contributed by atoms with Gasteiger partial charge in [-0.15, -0.1) is 5.10 Å².